The van der Waals surface area contributed by atoms with Gasteiger partial charge in [-0.1, -0.05) is 0 Å². The van der Waals surface area contributed by atoms with Gasteiger partial charge in [0.2, 0.25) is 11.8 Å². The number of amides is 2. The fourth-order valence-electron chi connectivity index (χ4n) is 4.89. The molecule has 3 rings (SSSR count). The second-order valence-corrected chi connectivity index (χ2v) is 8.54. The second-order valence-electron chi connectivity index (χ2n) is 8.54. The van der Waals surface area contributed by atoms with Crippen LogP contribution >= 0.6 is 24.8 Å². The Morgan fingerprint density at radius 2 is 1.53 bits per heavy atom. The number of piperidine rings is 2. The summed E-state index contributed by atoms with van der Waals surface area (Å²) in [4.78, 5) is 41.1. The molecule has 0 spiro atoms. The molecule has 3 heterocycles. The average molecular weight is 496 g/mol. The van der Waals surface area contributed by atoms with Gasteiger partial charge in [-0.15, -0.1) is 24.8 Å². The van der Waals surface area contributed by atoms with Crippen LogP contribution in [0.3, 0.4) is 0 Å². The molecule has 2 amide bonds. The number of carbonyl (C=O) groups is 3. The molecule has 186 valence electrons. The topological polar surface area (TPSA) is 85.4 Å². The lowest BCUT2D eigenvalue weighted by Gasteiger charge is -2.43. The average Bonchev–Trinajstić information content (AvgIpc) is 2.79. The van der Waals surface area contributed by atoms with E-state index in [4.69, 9.17) is 0 Å². The van der Waals surface area contributed by atoms with E-state index in [0.29, 0.717) is 25.7 Å². The lowest BCUT2D eigenvalue weighted by atomic mass is 9.95. The molecular formula is C21H39Cl2N5O4. The molecule has 0 aromatic carbocycles. The maximum absolute atomic E-state index is 13.0. The fraction of sp³-hybridized carbons (Fsp3) is 0.857. The standard InChI is InChI=1S/C21H37N5O4.2ClH/c1-17(27)26(12-7-20(28)30-2)25-10-5-18(6-11-25)21(29)24-15-13-23(14-16-24)19-3-8-22-9-4-19;;/h18-19,22H,3-16H2,1-2H3;2*1H. The zero-order valence-electron chi connectivity index (χ0n) is 19.3. The van der Waals surface area contributed by atoms with Crippen molar-refractivity contribution in [1.82, 2.24) is 25.1 Å². The van der Waals surface area contributed by atoms with Gasteiger partial charge in [0.1, 0.15) is 0 Å². The molecule has 32 heavy (non-hydrogen) atoms. The summed E-state index contributed by atoms with van der Waals surface area (Å²) < 4.78 is 4.68. The molecule has 3 fully saturated rings. The molecule has 0 bridgehead atoms. The van der Waals surface area contributed by atoms with Gasteiger partial charge in [0.25, 0.3) is 0 Å². The summed E-state index contributed by atoms with van der Waals surface area (Å²) in [5.74, 6) is -0.114. The Labute approximate surface area is 203 Å². The SMILES string of the molecule is COC(=O)CCN(C(C)=O)N1CCC(C(=O)N2CCN(C3CCNCC3)CC2)CC1.Cl.Cl. The Balaban J connectivity index is 0.00000256. The molecule has 0 aromatic heterocycles. The molecular weight excluding hydrogens is 457 g/mol. The number of hydrogen-bond acceptors (Lipinski definition) is 7. The number of rotatable bonds is 6. The van der Waals surface area contributed by atoms with Crippen LogP contribution < -0.4 is 5.32 Å². The van der Waals surface area contributed by atoms with E-state index in [1.807, 2.05) is 9.91 Å². The van der Waals surface area contributed by atoms with Crippen molar-refractivity contribution in [2.75, 3.05) is 66.0 Å². The monoisotopic (exact) mass is 495 g/mol. The third kappa shape index (κ3) is 7.73. The van der Waals surface area contributed by atoms with Gasteiger partial charge in [0.05, 0.1) is 13.5 Å². The van der Waals surface area contributed by atoms with E-state index in [1.54, 1.807) is 5.01 Å². The smallest absolute Gasteiger partial charge is 0.307 e. The Bertz CT molecular complexity index is 605. The van der Waals surface area contributed by atoms with Crippen LogP contribution in [0.15, 0.2) is 0 Å². The molecule has 0 atom stereocenters. The number of methoxy groups -OCH3 is 1. The molecule has 3 saturated heterocycles. The number of ether oxygens (including phenoxy) is 1. The van der Waals surface area contributed by atoms with E-state index in [9.17, 15) is 14.4 Å². The maximum Gasteiger partial charge on any atom is 0.307 e. The number of carbonyl (C=O) groups excluding carboxylic acids is 3. The molecule has 0 aliphatic carbocycles. The number of halogens is 2. The minimum Gasteiger partial charge on any atom is -0.469 e. The van der Waals surface area contributed by atoms with Crippen LogP contribution in [-0.4, -0.2) is 110 Å². The summed E-state index contributed by atoms with van der Waals surface area (Å²) in [5, 5.41) is 7.01. The predicted octanol–water partition coefficient (Wildman–Crippen LogP) is 0.765. The van der Waals surface area contributed by atoms with Gasteiger partial charge >= 0.3 is 5.97 Å². The minimum absolute atomic E-state index is 0. The minimum atomic E-state index is -0.324. The summed E-state index contributed by atoms with van der Waals surface area (Å²) in [7, 11) is 1.35. The van der Waals surface area contributed by atoms with Gasteiger partial charge in [-0.05, 0) is 38.8 Å². The Kier molecular flexibility index (Phi) is 12.8. The summed E-state index contributed by atoms with van der Waals surface area (Å²) in [6.45, 7) is 8.93. The zero-order valence-corrected chi connectivity index (χ0v) is 20.9. The molecule has 0 saturated carbocycles. The second kappa shape index (κ2) is 14.2. The van der Waals surface area contributed by atoms with Crippen LogP contribution in [0, 0.1) is 5.92 Å². The number of hydrogen-bond donors (Lipinski definition) is 1. The van der Waals surface area contributed by atoms with Crippen molar-refractivity contribution in [2.24, 2.45) is 5.92 Å². The summed E-state index contributed by atoms with van der Waals surface area (Å²) in [6, 6.07) is 0.661. The zero-order chi connectivity index (χ0) is 21.5. The van der Waals surface area contributed by atoms with Crippen LogP contribution in [0.2, 0.25) is 0 Å². The van der Waals surface area contributed by atoms with Crippen molar-refractivity contribution in [1.29, 1.82) is 0 Å². The van der Waals surface area contributed by atoms with Crippen molar-refractivity contribution in [3.63, 3.8) is 0 Å². The van der Waals surface area contributed by atoms with Crippen molar-refractivity contribution < 1.29 is 19.1 Å². The summed E-state index contributed by atoms with van der Waals surface area (Å²) >= 11 is 0. The predicted molar refractivity (Wildman–Crippen MR) is 127 cm³/mol. The number of piperazine rings is 1. The highest BCUT2D eigenvalue weighted by Gasteiger charge is 2.33. The highest BCUT2D eigenvalue weighted by atomic mass is 35.5. The third-order valence-electron chi connectivity index (χ3n) is 6.73. The molecule has 9 nitrogen and oxygen atoms in total. The first-order valence-electron chi connectivity index (χ1n) is 11.3. The Morgan fingerprint density at radius 1 is 0.938 bits per heavy atom. The van der Waals surface area contributed by atoms with E-state index in [-0.39, 0.29) is 54.9 Å². The molecule has 11 heteroatoms. The van der Waals surface area contributed by atoms with Crippen molar-refractivity contribution in [2.45, 2.75) is 45.1 Å². The van der Waals surface area contributed by atoms with Gasteiger partial charge in [0, 0.05) is 64.7 Å². The number of nitrogens with one attached hydrogen (secondary N) is 1. The normalized spacial score (nSPS) is 21.2. The first-order valence-corrected chi connectivity index (χ1v) is 11.3. The summed E-state index contributed by atoms with van der Waals surface area (Å²) in [5.41, 5.74) is 0. The van der Waals surface area contributed by atoms with Crippen LogP contribution in [0.1, 0.15) is 39.0 Å². The quantitative estimate of drug-likeness (QED) is 0.544. The van der Waals surface area contributed by atoms with E-state index in [0.717, 1.165) is 52.1 Å². The molecule has 3 aliphatic heterocycles. The fourth-order valence-corrected chi connectivity index (χ4v) is 4.89. The number of hydrazine groups is 1. The molecule has 0 radical (unpaired) electrons. The van der Waals surface area contributed by atoms with Gasteiger partial charge in [-0.25, -0.2) is 5.01 Å². The van der Waals surface area contributed by atoms with Gasteiger partial charge in [-0.2, -0.15) is 0 Å². The molecule has 0 unspecified atom stereocenters. The molecule has 0 aromatic rings. The highest BCUT2D eigenvalue weighted by molar-refractivity contribution is 5.85. The summed E-state index contributed by atoms with van der Waals surface area (Å²) in [6.07, 6.45) is 4.07. The van der Waals surface area contributed by atoms with Crippen LogP contribution in [0.4, 0.5) is 0 Å². The van der Waals surface area contributed by atoms with E-state index in [2.05, 4.69) is 15.0 Å². The van der Waals surface area contributed by atoms with Gasteiger partial charge in [0.15, 0.2) is 0 Å². The van der Waals surface area contributed by atoms with Gasteiger partial charge < -0.3 is 15.0 Å². The Hall–Kier alpha value is -1.13. The van der Waals surface area contributed by atoms with Gasteiger partial charge in [-0.3, -0.25) is 24.3 Å². The van der Waals surface area contributed by atoms with E-state index < -0.39 is 0 Å². The first-order chi connectivity index (χ1) is 14.5. The van der Waals surface area contributed by atoms with Crippen molar-refractivity contribution in [3.05, 3.63) is 0 Å². The maximum atomic E-state index is 13.0. The van der Waals surface area contributed by atoms with Crippen molar-refractivity contribution in [3.8, 4) is 0 Å². The Morgan fingerprint density at radius 3 is 2.06 bits per heavy atom. The third-order valence-corrected chi connectivity index (χ3v) is 6.73. The van der Waals surface area contributed by atoms with Crippen LogP contribution in [0.25, 0.3) is 0 Å². The van der Waals surface area contributed by atoms with Crippen molar-refractivity contribution >= 4 is 42.6 Å². The van der Waals surface area contributed by atoms with E-state index in [1.165, 1.54) is 26.9 Å². The lowest BCUT2D eigenvalue weighted by Crippen LogP contribution is -2.56. The van der Waals surface area contributed by atoms with E-state index >= 15 is 0 Å². The molecule has 3 aliphatic rings. The van der Waals surface area contributed by atoms with Crippen LogP contribution in [0.5, 0.6) is 0 Å². The van der Waals surface area contributed by atoms with Crippen LogP contribution in [-0.2, 0) is 19.1 Å². The largest absolute Gasteiger partial charge is 0.469 e. The lowest BCUT2D eigenvalue weighted by molar-refractivity contribution is -0.154. The number of esters is 1. The first kappa shape index (κ1) is 28.9. The molecule has 1 N–H and O–H groups in total. The number of nitrogens with zero attached hydrogens (tertiary/aromatic N) is 4. The highest BCUT2D eigenvalue weighted by Crippen LogP contribution is 2.23.